The van der Waals surface area contributed by atoms with E-state index in [0.29, 0.717) is 27.4 Å². The smallest absolute Gasteiger partial charge is 0.343 e. The normalized spacial score (nSPS) is 10.3. The van der Waals surface area contributed by atoms with Crippen LogP contribution in [0.25, 0.3) is 0 Å². The van der Waals surface area contributed by atoms with Gasteiger partial charge in [0.15, 0.2) is 0 Å². The van der Waals surface area contributed by atoms with Gasteiger partial charge in [0.2, 0.25) is 0 Å². The van der Waals surface area contributed by atoms with E-state index in [1.165, 1.54) is 6.07 Å². The zero-order valence-corrected chi connectivity index (χ0v) is 14.1. The summed E-state index contributed by atoms with van der Waals surface area (Å²) in [6.07, 6.45) is 0. The molecule has 0 saturated heterocycles. The summed E-state index contributed by atoms with van der Waals surface area (Å²) in [6.45, 7) is 2.43. The molecule has 0 N–H and O–H groups in total. The van der Waals surface area contributed by atoms with E-state index in [9.17, 15) is 4.79 Å². The summed E-state index contributed by atoms with van der Waals surface area (Å²) in [7, 11) is 0. The third-order valence-electron chi connectivity index (χ3n) is 2.56. The minimum atomic E-state index is -0.511. The van der Waals surface area contributed by atoms with Crippen LogP contribution in [-0.2, 0) is 0 Å². The van der Waals surface area contributed by atoms with E-state index in [2.05, 4.69) is 15.9 Å². The lowest BCUT2D eigenvalue weighted by atomic mass is 10.2. The van der Waals surface area contributed by atoms with Gasteiger partial charge in [-0.2, -0.15) is 0 Å². The van der Waals surface area contributed by atoms with E-state index in [-0.39, 0.29) is 10.8 Å². The Morgan fingerprint density at radius 3 is 2.48 bits per heavy atom. The van der Waals surface area contributed by atoms with Crippen molar-refractivity contribution in [3.63, 3.8) is 0 Å². The predicted molar refractivity (Wildman–Crippen MR) is 86.7 cm³/mol. The Labute approximate surface area is 140 Å². The maximum atomic E-state index is 12.1. The zero-order chi connectivity index (χ0) is 15.4. The highest BCUT2D eigenvalue weighted by atomic mass is 79.9. The van der Waals surface area contributed by atoms with Crippen LogP contribution in [0, 0.1) is 0 Å². The summed E-state index contributed by atoms with van der Waals surface area (Å²) in [5.41, 5.74) is 0.386. The first-order valence-electron chi connectivity index (χ1n) is 6.11. The topological polar surface area (TPSA) is 35.5 Å². The number of carbonyl (C=O) groups is 1. The molecule has 0 aromatic heterocycles. The second kappa shape index (κ2) is 7.16. The second-order valence-electron chi connectivity index (χ2n) is 4.04. The molecule has 2 aromatic rings. The van der Waals surface area contributed by atoms with Crippen molar-refractivity contribution in [3.05, 3.63) is 56.5 Å². The molecule has 6 heteroatoms. The number of hydrogen-bond donors (Lipinski definition) is 0. The molecule has 0 aliphatic heterocycles. The van der Waals surface area contributed by atoms with E-state index in [1.807, 2.05) is 6.92 Å². The highest BCUT2D eigenvalue weighted by molar-refractivity contribution is 9.10. The monoisotopic (exact) mass is 388 g/mol. The van der Waals surface area contributed by atoms with Crippen molar-refractivity contribution < 1.29 is 14.3 Å². The largest absolute Gasteiger partial charge is 0.493 e. The molecule has 0 bridgehead atoms. The lowest BCUT2D eigenvalue weighted by Crippen LogP contribution is -2.09. The van der Waals surface area contributed by atoms with Gasteiger partial charge in [-0.25, -0.2) is 4.79 Å². The lowest BCUT2D eigenvalue weighted by Gasteiger charge is -2.09. The van der Waals surface area contributed by atoms with Crippen LogP contribution in [0.5, 0.6) is 11.5 Å². The third-order valence-corrected chi connectivity index (χ3v) is 3.71. The molecule has 3 nitrogen and oxygen atoms in total. The Balaban J connectivity index is 2.18. The summed E-state index contributed by atoms with van der Waals surface area (Å²) in [5.74, 6) is 0.414. The molecule has 0 radical (unpaired) electrons. The molecule has 0 amide bonds. The SMILES string of the molecule is CCOc1ccc(C(=O)Oc2ccc(Cl)cc2Cl)cc1Br. The van der Waals surface area contributed by atoms with Crippen LogP contribution < -0.4 is 9.47 Å². The van der Waals surface area contributed by atoms with E-state index in [0.717, 1.165) is 0 Å². The minimum Gasteiger partial charge on any atom is -0.493 e. The highest BCUT2D eigenvalue weighted by Gasteiger charge is 2.13. The quantitative estimate of drug-likeness (QED) is 0.520. The van der Waals surface area contributed by atoms with Crippen molar-refractivity contribution in [3.8, 4) is 11.5 Å². The average molecular weight is 390 g/mol. The summed E-state index contributed by atoms with van der Waals surface area (Å²) in [4.78, 5) is 12.1. The Bertz CT molecular complexity index is 674. The van der Waals surface area contributed by atoms with Crippen LogP contribution >= 0.6 is 39.1 Å². The molecule has 2 rings (SSSR count). The second-order valence-corrected chi connectivity index (χ2v) is 5.74. The number of ether oxygens (including phenoxy) is 2. The van der Waals surface area contributed by atoms with Gasteiger partial charge < -0.3 is 9.47 Å². The van der Waals surface area contributed by atoms with Crippen LogP contribution in [0.1, 0.15) is 17.3 Å². The van der Waals surface area contributed by atoms with Gasteiger partial charge in [-0.05, 0) is 59.3 Å². The molecule has 0 saturated carbocycles. The van der Waals surface area contributed by atoms with Crippen molar-refractivity contribution in [1.29, 1.82) is 0 Å². The van der Waals surface area contributed by atoms with Gasteiger partial charge in [0.05, 0.1) is 21.7 Å². The number of benzene rings is 2. The first kappa shape index (κ1) is 16.1. The minimum absolute atomic E-state index is 0.260. The van der Waals surface area contributed by atoms with Gasteiger partial charge in [0.1, 0.15) is 11.5 Å². The fraction of sp³-hybridized carbons (Fsp3) is 0.133. The average Bonchev–Trinajstić information content (AvgIpc) is 2.44. The molecule has 2 aromatic carbocycles. The Kier molecular flexibility index (Phi) is 5.51. The number of esters is 1. The maximum Gasteiger partial charge on any atom is 0.343 e. The summed E-state index contributed by atoms with van der Waals surface area (Å²) in [6, 6.07) is 9.63. The molecule has 0 heterocycles. The van der Waals surface area contributed by atoms with Crippen molar-refractivity contribution in [2.24, 2.45) is 0 Å². The third kappa shape index (κ3) is 4.13. The molecule has 0 unspecified atom stereocenters. The zero-order valence-electron chi connectivity index (χ0n) is 11.0. The van der Waals surface area contributed by atoms with Crippen molar-refractivity contribution >= 4 is 45.1 Å². The molecule has 0 aliphatic carbocycles. The predicted octanol–water partition coefficient (Wildman–Crippen LogP) is 5.37. The molecule has 0 atom stereocenters. The van der Waals surface area contributed by atoms with Crippen molar-refractivity contribution in [2.45, 2.75) is 6.92 Å². The van der Waals surface area contributed by atoms with E-state index in [1.54, 1.807) is 30.3 Å². The fourth-order valence-electron chi connectivity index (χ4n) is 1.62. The van der Waals surface area contributed by atoms with Crippen LogP contribution in [0.4, 0.5) is 0 Å². The molecule has 0 fully saturated rings. The molecular formula is C15H11BrCl2O3. The van der Waals surface area contributed by atoms with Gasteiger partial charge in [0, 0.05) is 5.02 Å². The summed E-state index contributed by atoms with van der Waals surface area (Å²) < 4.78 is 11.3. The summed E-state index contributed by atoms with van der Waals surface area (Å²) in [5, 5.41) is 0.754. The fourth-order valence-corrected chi connectivity index (χ4v) is 2.56. The Hall–Kier alpha value is -1.23. The number of hydrogen-bond acceptors (Lipinski definition) is 3. The Morgan fingerprint density at radius 1 is 1.14 bits per heavy atom. The first-order valence-corrected chi connectivity index (χ1v) is 7.65. The van der Waals surface area contributed by atoms with Gasteiger partial charge in [-0.15, -0.1) is 0 Å². The van der Waals surface area contributed by atoms with Crippen LogP contribution in [-0.4, -0.2) is 12.6 Å². The molecule has 21 heavy (non-hydrogen) atoms. The number of halogens is 3. The van der Waals surface area contributed by atoms with Crippen molar-refractivity contribution in [2.75, 3.05) is 6.61 Å². The lowest BCUT2D eigenvalue weighted by molar-refractivity contribution is 0.0734. The molecule has 0 spiro atoms. The van der Waals surface area contributed by atoms with Gasteiger partial charge >= 0.3 is 5.97 Å². The van der Waals surface area contributed by atoms with Gasteiger partial charge in [0.25, 0.3) is 0 Å². The van der Waals surface area contributed by atoms with E-state index in [4.69, 9.17) is 32.7 Å². The molecule has 110 valence electrons. The van der Waals surface area contributed by atoms with Gasteiger partial charge in [-0.1, -0.05) is 23.2 Å². The molecule has 0 aliphatic rings. The molecular weight excluding hydrogens is 379 g/mol. The summed E-state index contributed by atoms with van der Waals surface area (Å²) >= 11 is 15.1. The van der Waals surface area contributed by atoms with E-state index < -0.39 is 5.97 Å². The Morgan fingerprint density at radius 2 is 1.86 bits per heavy atom. The van der Waals surface area contributed by atoms with Gasteiger partial charge in [-0.3, -0.25) is 0 Å². The van der Waals surface area contributed by atoms with E-state index >= 15 is 0 Å². The standard InChI is InChI=1S/C15H11BrCl2O3/c1-2-20-13-5-3-9(7-11(13)16)15(19)21-14-6-4-10(17)8-12(14)18/h3-8H,2H2,1H3. The van der Waals surface area contributed by atoms with Crippen molar-refractivity contribution in [1.82, 2.24) is 0 Å². The number of rotatable bonds is 4. The number of carbonyl (C=O) groups excluding carboxylic acids is 1. The first-order chi connectivity index (χ1) is 10.0. The maximum absolute atomic E-state index is 12.1. The highest BCUT2D eigenvalue weighted by Crippen LogP contribution is 2.30. The van der Waals surface area contributed by atoms with Crippen LogP contribution in [0.2, 0.25) is 10.0 Å². The van der Waals surface area contributed by atoms with Crippen LogP contribution in [0.3, 0.4) is 0 Å². The van der Waals surface area contributed by atoms with Crippen LogP contribution in [0.15, 0.2) is 40.9 Å².